The molecule has 8 fully saturated rings. The van der Waals surface area contributed by atoms with Crippen LogP contribution in [0.2, 0.25) is 5.02 Å². The molecular weight excluding hydrogens is 536 g/mol. The molecule has 16 atom stereocenters. The van der Waals surface area contributed by atoms with Crippen molar-refractivity contribution < 1.29 is 24.4 Å². The second-order valence-corrected chi connectivity index (χ2v) is 15.3. The summed E-state index contributed by atoms with van der Waals surface area (Å²) >= 11 is 5.56. The van der Waals surface area contributed by atoms with Crippen LogP contribution in [0.5, 0.6) is 0 Å². The maximum absolute atomic E-state index is 10.6. The fourth-order valence-electron chi connectivity index (χ4n) is 12.2. The normalized spacial score (nSPS) is 52.0. The minimum absolute atomic E-state index is 0.222. The molecule has 6 saturated carbocycles. The van der Waals surface area contributed by atoms with Gasteiger partial charge in [-0.15, -0.1) is 0 Å². The monoisotopic (exact) mass is 576 g/mol. The molecule has 6 heteroatoms. The van der Waals surface area contributed by atoms with Gasteiger partial charge in [-0.25, -0.2) is 4.79 Å². The van der Waals surface area contributed by atoms with Crippen LogP contribution in [0.25, 0.3) is 0 Å². The zero-order chi connectivity index (χ0) is 27.4. The third-order valence-corrected chi connectivity index (χ3v) is 13.8. The summed E-state index contributed by atoms with van der Waals surface area (Å²) in [7, 11) is 0. The minimum Gasteiger partial charge on any atom is -0.370 e. The van der Waals surface area contributed by atoms with Crippen molar-refractivity contribution in [2.45, 2.75) is 75.8 Å². The zero-order valence-corrected chi connectivity index (χ0v) is 24.2. The van der Waals surface area contributed by atoms with E-state index in [0.717, 1.165) is 71.0 Å². The van der Waals surface area contributed by atoms with Crippen molar-refractivity contribution in [3.8, 4) is 0 Å². The van der Waals surface area contributed by atoms with Crippen molar-refractivity contribution in [3.05, 3.63) is 59.2 Å². The Bertz CT molecular complexity index is 1270. The number of fused-ring (bicyclic) bond motifs is 19. The summed E-state index contributed by atoms with van der Waals surface area (Å²) in [4.78, 5) is 14.1. The summed E-state index contributed by atoms with van der Waals surface area (Å²) in [6.07, 6.45) is 24.2. The molecule has 2 heterocycles. The van der Waals surface area contributed by atoms with Gasteiger partial charge >= 0.3 is 5.97 Å². The summed E-state index contributed by atoms with van der Waals surface area (Å²) in [6.45, 7) is 0. The van der Waals surface area contributed by atoms with Gasteiger partial charge in [0.2, 0.25) is 0 Å². The average Bonchev–Trinajstić information content (AvgIpc) is 3.46. The number of allylic oxidation sites excluding steroid dienone is 4. The highest BCUT2D eigenvalue weighted by atomic mass is 35.5. The van der Waals surface area contributed by atoms with Crippen LogP contribution in [-0.2, 0) is 14.4 Å². The molecule has 0 aromatic heterocycles. The van der Waals surface area contributed by atoms with Gasteiger partial charge in [-0.05, 0) is 141 Å². The van der Waals surface area contributed by atoms with Gasteiger partial charge in [0.1, 0.15) is 0 Å². The van der Waals surface area contributed by atoms with Crippen molar-refractivity contribution in [1.29, 1.82) is 0 Å². The number of carbonyl (C=O) groups excluding carboxylic acids is 1. The van der Waals surface area contributed by atoms with Crippen LogP contribution in [0.1, 0.15) is 61.7 Å². The van der Waals surface area contributed by atoms with Crippen molar-refractivity contribution in [1.82, 2.24) is 0 Å². The molecule has 1 N–H and O–H groups in total. The molecule has 0 spiro atoms. The maximum Gasteiger partial charge on any atom is 0.372 e. The van der Waals surface area contributed by atoms with E-state index in [2.05, 4.69) is 29.2 Å². The first kappa shape index (κ1) is 25.8. The topological polar surface area (TPSA) is 71.6 Å². The standard InChI is InChI=1S/C14H18O2.C14H18.C7H5ClO3/c1-5-6-2-10-11(15-10)3-7(6)8(1)13-9(5)4-12-14(13)16-12;1-2-5-10-9(4-1)13-8-14(10)12-7-3-6-11(12)13;8-6-3-1-2-5(4-6)7(9)11-10/h5-14H,1-4H2;1-3,6,9-14H,4-5,7-8H2;1-4,10H. The maximum atomic E-state index is 10.6. The van der Waals surface area contributed by atoms with Crippen LogP contribution >= 0.6 is 11.6 Å². The van der Waals surface area contributed by atoms with E-state index in [4.69, 9.17) is 26.3 Å². The van der Waals surface area contributed by atoms with Gasteiger partial charge in [0.05, 0.1) is 30.0 Å². The molecule has 2 saturated heterocycles. The molecule has 11 rings (SSSR count). The fraction of sp³-hybridized carbons (Fsp3) is 0.686. The largest absolute Gasteiger partial charge is 0.372 e. The number of epoxide rings is 2. The SMILES string of the molecule is C1=CC2C3CC(C2C1)C1CC=CCC31.C1C2OC2CC2C1C1CC2C2C1CC1OC12.O=C(OO)c1cccc(Cl)c1. The van der Waals surface area contributed by atoms with Crippen molar-refractivity contribution in [2.24, 2.45) is 71.0 Å². The first-order valence-electron chi connectivity index (χ1n) is 16.3. The lowest BCUT2D eigenvalue weighted by atomic mass is 9.64. The minimum atomic E-state index is -0.813. The Balaban J connectivity index is 0.0000000900. The van der Waals surface area contributed by atoms with E-state index in [-0.39, 0.29) is 5.56 Å². The van der Waals surface area contributed by atoms with Gasteiger partial charge in [-0.1, -0.05) is 42.0 Å². The lowest BCUT2D eigenvalue weighted by Crippen LogP contribution is -2.38. The molecule has 10 aliphatic rings. The lowest BCUT2D eigenvalue weighted by molar-refractivity contribution is -0.182. The summed E-state index contributed by atoms with van der Waals surface area (Å²) < 4.78 is 11.6. The molecular formula is C35H41ClO5. The van der Waals surface area contributed by atoms with Crippen molar-refractivity contribution >= 4 is 17.6 Å². The number of benzene rings is 1. The van der Waals surface area contributed by atoms with E-state index in [1.165, 1.54) is 50.7 Å². The van der Waals surface area contributed by atoms with E-state index in [0.29, 0.717) is 29.4 Å². The summed E-state index contributed by atoms with van der Waals surface area (Å²) in [5.74, 6) is 11.8. The molecule has 1 aromatic carbocycles. The number of hydrogen-bond acceptors (Lipinski definition) is 5. The average molecular weight is 577 g/mol. The molecule has 16 unspecified atom stereocenters. The number of carbonyl (C=O) groups is 1. The number of rotatable bonds is 1. The van der Waals surface area contributed by atoms with Crippen LogP contribution < -0.4 is 0 Å². The predicted octanol–water partition coefficient (Wildman–Crippen LogP) is 7.21. The molecule has 0 radical (unpaired) electrons. The third-order valence-electron chi connectivity index (χ3n) is 13.6. The first-order valence-corrected chi connectivity index (χ1v) is 16.7. The highest BCUT2D eigenvalue weighted by Gasteiger charge is 2.71. The van der Waals surface area contributed by atoms with Crippen LogP contribution in [-0.4, -0.2) is 35.6 Å². The second kappa shape index (κ2) is 9.67. The third kappa shape index (κ3) is 4.08. The van der Waals surface area contributed by atoms with E-state index in [1.807, 2.05) is 0 Å². The summed E-state index contributed by atoms with van der Waals surface area (Å²) in [5, 5.41) is 8.41. The van der Waals surface area contributed by atoms with Gasteiger partial charge in [0.25, 0.3) is 0 Å². The van der Waals surface area contributed by atoms with Gasteiger partial charge in [-0.2, -0.15) is 5.26 Å². The molecule has 8 aliphatic carbocycles. The van der Waals surface area contributed by atoms with Gasteiger partial charge < -0.3 is 9.47 Å². The van der Waals surface area contributed by atoms with Gasteiger partial charge in [-0.3, -0.25) is 4.89 Å². The Labute approximate surface area is 247 Å². The molecule has 4 bridgehead atoms. The summed E-state index contributed by atoms with van der Waals surface area (Å²) in [5.41, 5.74) is 0.222. The Morgan fingerprint density at radius 2 is 1.37 bits per heavy atom. The highest BCUT2D eigenvalue weighted by molar-refractivity contribution is 6.30. The van der Waals surface area contributed by atoms with Crippen LogP contribution in [0.15, 0.2) is 48.6 Å². The number of hydrogen-bond donors (Lipinski definition) is 1. The summed E-state index contributed by atoms with van der Waals surface area (Å²) in [6, 6.07) is 6.11. The van der Waals surface area contributed by atoms with Crippen LogP contribution in [0.4, 0.5) is 0 Å². The predicted molar refractivity (Wildman–Crippen MR) is 154 cm³/mol. The van der Waals surface area contributed by atoms with E-state index < -0.39 is 5.97 Å². The van der Waals surface area contributed by atoms with Crippen LogP contribution in [0.3, 0.4) is 0 Å². The van der Waals surface area contributed by atoms with E-state index in [9.17, 15) is 4.79 Å². The zero-order valence-electron chi connectivity index (χ0n) is 23.5. The Kier molecular flexibility index (Phi) is 6.09. The lowest BCUT2D eigenvalue weighted by Gasteiger charge is -2.40. The fourth-order valence-corrected chi connectivity index (χ4v) is 12.3. The quantitative estimate of drug-likeness (QED) is 0.165. The molecule has 1 aromatic rings. The first-order chi connectivity index (χ1) is 20.1. The molecule has 0 amide bonds. The van der Waals surface area contributed by atoms with Crippen LogP contribution in [0, 0.1) is 71.0 Å². The van der Waals surface area contributed by atoms with Gasteiger partial charge in [0.15, 0.2) is 0 Å². The Morgan fingerprint density at radius 3 is 2.15 bits per heavy atom. The van der Waals surface area contributed by atoms with Crippen molar-refractivity contribution in [2.75, 3.05) is 0 Å². The second-order valence-electron chi connectivity index (χ2n) is 14.8. The Morgan fingerprint density at radius 1 is 0.732 bits per heavy atom. The molecule has 2 aliphatic heterocycles. The number of ether oxygens (including phenoxy) is 2. The highest BCUT2D eigenvalue weighted by Crippen LogP contribution is 2.71. The van der Waals surface area contributed by atoms with E-state index >= 15 is 0 Å². The smallest absolute Gasteiger partial charge is 0.370 e. The van der Waals surface area contributed by atoms with Crippen molar-refractivity contribution in [3.63, 3.8) is 0 Å². The molecule has 218 valence electrons. The van der Waals surface area contributed by atoms with Gasteiger partial charge in [0, 0.05) is 5.02 Å². The number of halogens is 1. The van der Waals surface area contributed by atoms with E-state index in [1.54, 1.807) is 25.0 Å². The molecule has 5 nitrogen and oxygen atoms in total. The molecule has 41 heavy (non-hydrogen) atoms. The Hall–Kier alpha value is -1.66.